The Morgan fingerprint density at radius 1 is 1.22 bits per heavy atom. The van der Waals surface area contributed by atoms with Crippen LogP contribution >= 0.6 is 0 Å². The quantitative estimate of drug-likeness (QED) is 0.477. The Morgan fingerprint density at radius 3 is 2.67 bits per heavy atom. The average molecular weight is 377 g/mol. The van der Waals surface area contributed by atoms with Gasteiger partial charge in [-0.1, -0.05) is 0 Å². The van der Waals surface area contributed by atoms with Gasteiger partial charge in [-0.3, -0.25) is 14.7 Å². The molecule has 1 aromatic rings. The molecule has 2 N–H and O–H groups in total. The number of carbonyl (C=O) groups excluding carboxylic acids is 2. The van der Waals surface area contributed by atoms with E-state index in [1.54, 1.807) is 0 Å². The topological polar surface area (TPSA) is 101 Å². The molecule has 0 saturated carbocycles. The summed E-state index contributed by atoms with van der Waals surface area (Å²) >= 11 is 0. The number of nitrogens with zero attached hydrogens (tertiary/aromatic N) is 4. The van der Waals surface area contributed by atoms with Gasteiger partial charge in [0.05, 0.1) is 30.7 Å². The van der Waals surface area contributed by atoms with Crippen LogP contribution in [0.5, 0.6) is 0 Å². The van der Waals surface area contributed by atoms with Crippen LogP contribution in [-0.4, -0.2) is 50.0 Å². The summed E-state index contributed by atoms with van der Waals surface area (Å²) in [6.45, 7) is 0.426. The standard InChI is InChI=1S/C17H17F2N5O3/c18-15-13(23-7-3-11(25)4-8-23)1-2-14(16(15)19)24-10-12(27-17(24)26)9-21-5-6-22-20/h1-3,5-7,12H,4,8-10,20H2/t12-/m0/s1. The molecule has 1 fully saturated rings. The van der Waals surface area contributed by atoms with Crippen LogP contribution in [0.2, 0.25) is 0 Å². The number of anilines is 2. The Kier molecular flexibility index (Phi) is 5.43. The van der Waals surface area contributed by atoms with E-state index in [9.17, 15) is 18.4 Å². The van der Waals surface area contributed by atoms with E-state index in [0.717, 1.165) is 4.90 Å². The minimum Gasteiger partial charge on any atom is -0.442 e. The summed E-state index contributed by atoms with van der Waals surface area (Å²) in [5.74, 6) is 2.60. The van der Waals surface area contributed by atoms with Crippen molar-refractivity contribution in [2.24, 2.45) is 15.9 Å². The van der Waals surface area contributed by atoms with Crippen LogP contribution in [0.25, 0.3) is 0 Å². The number of carbonyl (C=O) groups is 2. The van der Waals surface area contributed by atoms with Crippen molar-refractivity contribution < 1.29 is 23.1 Å². The third-order valence-corrected chi connectivity index (χ3v) is 4.12. The summed E-state index contributed by atoms with van der Waals surface area (Å²) in [6, 6.07) is 2.68. The maximum absolute atomic E-state index is 14.6. The van der Waals surface area contributed by atoms with Crippen molar-refractivity contribution in [3.05, 3.63) is 36.0 Å². The summed E-state index contributed by atoms with van der Waals surface area (Å²) in [4.78, 5) is 29.7. The highest BCUT2D eigenvalue weighted by molar-refractivity contribution is 6.15. The fourth-order valence-corrected chi connectivity index (χ4v) is 2.80. The zero-order valence-electron chi connectivity index (χ0n) is 14.2. The fraction of sp³-hybridized carbons (Fsp3) is 0.294. The number of nitrogens with two attached hydrogens (primary N) is 1. The lowest BCUT2D eigenvalue weighted by molar-refractivity contribution is -0.114. The highest BCUT2D eigenvalue weighted by Crippen LogP contribution is 2.32. The highest BCUT2D eigenvalue weighted by Gasteiger charge is 2.35. The van der Waals surface area contributed by atoms with Gasteiger partial charge in [0.1, 0.15) is 6.10 Å². The Bertz CT molecular complexity index is 840. The Morgan fingerprint density at radius 2 is 1.96 bits per heavy atom. The summed E-state index contributed by atoms with van der Waals surface area (Å²) in [5, 5.41) is 3.24. The van der Waals surface area contributed by atoms with E-state index in [0.29, 0.717) is 0 Å². The first-order valence-electron chi connectivity index (χ1n) is 8.16. The second kappa shape index (κ2) is 7.94. The van der Waals surface area contributed by atoms with Gasteiger partial charge in [-0.25, -0.2) is 13.6 Å². The Labute approximate surface area is 153 Å². The molecule has 2 aliphatic heterocycles. The number of hydrogen-bond acceptors (Lipinski definition) is 7. The van der Waals surface area contributed by atoms with Gasteiger partial charge in [-0.15, -0.1) is 0 Å². The molecule has 27 heavy (non-hydrogen) atoms. The molecular weight excluding hydrogens is 360 g/mol. The third-order valence-electron chi connectivity index (χ3n) is 4.12. The molecule has 0 bridgehead atoms. The van der Waals surface area contributed by atoms with Crippen LogP contribution < -0.4 is 15.6 Å². The van der Waals surface area contributed by atoms with Gasteiger partial charge in [0.25, 0.3) is 0 Å². The predicted molar refractivity (Wildman–Crippen MR) is 96.1 cm³/mol. The second-order valence-electron chi connectivity index (χ2n) is 5.89. The minimum absolute atomic E-state index is 0.00483. The van der Waals surface area contributed by atoms with Crippen molar-refractivity contribution in [1.29, 1.82) is 0 Å². The van der Waals surface area contributed by atoms with Gasteiger partial charge in [0.2, 0.25) is 0 Å². The number of allylic oxidation sites excluding steroid dienone is 1. The summed E-state index contributed by atoms with van der Waals surface area (Å²) < 4.78 is 34.3. The normalized spacial score (nSPS) is 20.3. The Hall–Kier alpha value is -3.30. The van der Waals surface area contributed by atoms with Gasteiger partial charge in [0.15, 0.2) is 17.4 Å². The lowest BCUT2D eigenvalue weighted by atomic mass is 10.1. The smallest absolute Gasteiger partial charge is 0.414 e. The van der Waals surface area contributed by atoms with Crippen LogP contribution in [0, 0.1) is 11.6 Å². The molecule has 2 heterocycles. The number of amides is 1. The number of rotatable bonds is 5. The van der Waals surface area contributed by atoms with E-state index in [1.165, 1.54) is 41.7 Å². The molecule has 0 spiro atoms. The lowest BCUT2D eigenvalue weighted by Crippen LogP contribution is -2.28. The van der Waals surface area contributed by atoms with Crippen molar-refractivity contribution in [2.75, 3.05) is 29.4 Å². The number of hydrazone groups is 1. The summed E-state index contributed by atoms with van der Waals surface area (Å²) in [7, 11) is 0. The minimum atomic E-state index is -1.16. The van der Waals surface area contributed by atoms with Crippen LogP contribution in [0.1, 0.15) is 6.42 Å². The molecule has 0 aliphatic carbocycles. The molecule has 1 amide bonds. The molecule has 142 valence electrons. The molecule has 1 atom stereocenters. The maximum Gasteiger partial charge on any atom is 0.414 e. The van der Waals surface area contributed by atoms with Crippen LogP contribution in [0.3, 0.4) is 0 Å². The number of ether oxygens (including phenoxy) is 1. The summed E-state index contributed by atoms with van der Waals surface area (Å²) in [5.41, 5.74) is -0.219. The number of ketones is 1. The van der Waals surface area contributed by atoms with Gasteiger partial charge in [-0.2, -0.15) is 5.10 Å². The first-order chi connectivity index (χ1) is 13.0. The number of benzene rings is 1. The molecule has 0 aromatic heterocycles. The van der Waals surface area contributed by atoms with Crippen LogP contribution in [0.15, 0.2) is 34.5 Å². The van der Waals surface area contributed by atoms with Crippen molar-refractivity contribution >= 4 is 35.7 Å². The van der Waals surface area contributed by atoms with Gasteiger partial charge in [0, 0.05) is 25.4 Å². The van der Waals surface area contributed by atoms with Crippen molar-refractivity contribution in [2.45, 2.75) is 12.5 Å². The van der Waals surface area contributed by atoms with Gasteiger partial charge < -0.3 is 15.5 Å². The van der Waals surface area contributed by atoms with Crippen molar-refractivity contribution in [3.8, 4) is 0 Å². The molecule has 1 aromatic carbocycles. The fourth-order valence-electron chi connectivity index (χ4n) is 2.80. The van der Waals surface area contributed by atoms with Gasteiger partial charge in [-0.05, 0) is 18.2 Å². The SMILES string of the molecule is NN=CC=NC[C@H]1CN(c2ccc(N3C=CC(=O)CC3)c(F)c2F)C(=O)O1. The molecular formula is C17H17F2N5O3. The molecule has 1 saturated heterocycles. The zero-order chi connectivity index (χ0) is 19.4. The molecule has 8 nitrogen and oxygen atoms in total. The van der Waals surface area contributed by atoms with Crippen molar-refractivity contribution in [1.82, 2.24) is 0 Å². The van der Waals surface area contributed by atoms with E-state index in [-0.39, 0.29) is 43.2 Å². The number of cyclic esters (lactones) is 1. The van der Waals surface area contributed by atoms with E-state index >= 15 is 0 Å². The van der Waals surface area contributed by atoms with Crippen LogP contribution in [0.4, 0.5) is 25.0 Å². The van der Waals surface area contributed by atoms with Gasteiger partial charge >= 0.3 is 6.09 Å². The number of aliphatic imine (C=N–C) groups is 1. The molecule has 0 unspecified atom stereocenters. The Balaban J connectivity index is 1.77. The molecule has 0 radical (unpaired) electrons. The largest absolute Gasteiger partial charge is 0.442 e. The van der Waals surface area contributed by atoms with E-state index in [1.807, 2.05) is 0 Å². The monoisotopic (exact) mass is 377 g/mol. The van der Waals surface area contributed by atoms with E-state index < -0.39 is 23.8 Å². The predicted octanol–water partition coefficient (Wildman–Crippen LogP) is 1.60. The van der Waals surface area contributed by atoms with E-state index in [2.05, 4.69) is 10.1 Å². The molecule has 10 heteroatoms. The highest BCUT2D eigenvalue weighted by atomic mass is 19.2. The first kappa shape index (κ1) is 18.5. The summed E-state index contributed by atoms with van der Waals surface area (Å²) in [6.07, 6.45) is 4.18. The lowest BCUT2D eigenvalue weighted by Gasteiger charge is -2.24. The second-order valence-corrected chi connectivity index (χ2v) is 5.89. The zero-order valence-corrected chi connectivity index (χ0v) is 14.2. The molecule has 3 rings (SSSR count). The maximum atomic E-state index is 14.6. The number of halogens is 2. The number of hydrogen-bond donors (Lipinski definition) is 1. The van der Waals surface area contributed by atoms with Crippen molar-refractivity contribution in [3.63, 3.8) is 0 Å². The van der Waals surface area contributed by atoms with E-state index in [4.69, 9.17) is 10.6 Å². The average Bonchev–Trinajstić information content (AvgIpc) is 3.02. The first-order valence-corrected chi connectivity index (χ1v) is 8.16. The molecule has 2 aliphatic rings. The third kappa shape index (κ3) is 3.94. The van der Waals surface area contributed by atoms with Crippen LogP contribution in [-0.2, 0) is 9.53 Å².